The van der Waals surface area contributed by atoms with E-state index < -0.39 is 5.60 Å². The minimum Gasteiger partial charge on any atom is -0.476 e. The lowest BCUT2D eigenvalue weighted by Gasteiger charge is -2.40. The van der Waals surface area contributed by atoms with Crippen LogP contribution in [0.15, 0.2) is 36.5 Å². The fraction of sp³-hybridized carbons (Fsp3) is 0.500. The number of rotatable bonds is 8. The van der Waals surface area contributed by atoms with Gasteiger partial charge in [0.2, 0.25) is 0 Å². The largest absolute Gasteiger partial charge is 0.476 e. The summed E-state index contributed by atoms with van der Waals surface area (Å²) in [5.74, 6) is 0.784. The van der Waals surface area contributed by atoms with Gasteiger partial charge in [0.15, 0.2) is 5.60 Å². The van der Waals surface area contributed by atoms with Crippen molar-refractivity contribution in [2.24, 2.45) is 0 Å². The van der Waals surface area contributed by atoms with Crippen molar-refractivity contribution in [3.63, 3.8) is 0 Å². The number of aliphatic hydroxyl groups excluding tert-OH is 1. The molecule has 2 bridgehead atoms. The number of pyridine rings is 1. The smallest absolute Gasteiger partial charge is 0.263 e. The van der Waals surface area contributed by atoms with Gasteiger partial charge in [-0.1, -0.05) is 23.2 Å². The third-order valence-electron chi connectivity index (χ3n) is 6.80. The number of nitrogens with zero attached hydrogens (tertiary/aromatic N) is 2. The van der Waals surface area contributed by atoms with Gasteiger partial charge >= 0.3 is 0 Å². The van der Waals surface area contributed by atoms with Crippen LogP contribution in [-0.4, -0.2) is 58.3 Å². The topological polar surface area (TPSA) is 104 Å². The first-order valence-electron chi connectivity index (χ1n) is 12.2. The number of hydrogen-bond donors (Lipinski definition) is 3. The molecule has 0 radical (unpaired) electrons. The predicted octanol–water partition coefficient (Wildman–Crippen LogP) is 3.97. The lowest BCUT2D eigenvalue weighted by molar-refractivity contribution is -0.135. The maximum Gasteiger partial charge on any atom is 0.263 e. The van der Waals surface area contributed by atoms with Crippen LogP contribution in [-0.2, 0) is 4.79 Å². The summed E-state index contributed by atoms with van der Waals surface area (Å²) < 4.78 is 5.94. The molecule has 0 aliphatic carbocycles. The third kappa shape index (κ3) is 5.88. The Balaban J connectivity index is 1.37. The van der Waals surface area contributed by atoms with E-state index >= 15 is 0 Å². The van der Waals surface area contributed by atoms with Gasteiger partial charge in [0.25, 0.3) is 11.8 Å². The Hall–Kier alpha value is -2.55. The molecule has 2 aliphatic heterocycles. The van der Waals surface area contributed by atoms with Gasteiger partial charge < -0.3 is 25.4 Å². The molecular weight excluding hydrogens is 503 g/mol. The molecule has 2 amide bonds. The minimum absolute atomic E-state index is 0.0276. The number of aliphatic hydroxyl groups is 1. The summed E-state index contributed by atoms with van der Waals surface area (Å²) in [4.78, 5) is 32.3. The Morgan fingerprint density at radius 2 is 1.89 bits per heavy atom. The minimum atomic E-state index is -1.11. The second-order valence-corrected chi connectivity index (χ2v) is 10.9. The maximum atomic E-state index is 13.1. The molecular formula is C26H32Cl2N4O4. The van der Waals surface area contributed by atoms with Gasteiger partial charge in [-0.15, -0.1) is 0 Å². The number of carbonyl (C=O) groups excluding carboxylic acids is 2. The number of benzene rings is 1. The second kappa shape index (κ2) is 10.8. The number of nitrogens with one attached hydrogen (secondary N) is 2. The third-order valence-corrected chi connectivity index (χ3v) is 7.33. The van der Waals surface area contributed by atoms with Gasteiger partial charge in [-0.2, -0.15) is 0 Å². The molecule has 1 aromatic carbocycles. The first kappa shape index (κ1) is 26.5. The van der Waals surface area contributed by atoms with Crippen LogP contribution in [0, 0.1) is 0 Å². The molecule has 8 nitrogen and oxygen atoms in total. The number of carbonyl (C=O) groups is 2. The van der Waals surface area contributed by atoms with E-state index in [0.29, 0.717) is 21.4 Å². The van der Waals surface area contributed by atoms with Gasteiger partial charge in [0.1, 0.15) is 11.6 Å². The predicted molar refractivity (Wildman–Crippen MR) is 140 cm³/mol. The quantitative estimate of drug-likeness (QED) is 0.473. The first-order chi connectivity index (χ1) is 17.1. The van der Waals surface area contributed by atoms with Crippen LogP contribution < -0.4 is 20.3 Å². The highest BCUT2D eigenvalue weighted by Gasteiger charge is 2.43. The van der Waals surface area contributed by atoms with Crippen molar-refractivity contribution < 1.29 is 19.4 Å². The molecule has 10 heteroatoms. The van der Waals surface area contributed by atoms with E-state index in [-0.39, 0.29) is 42.6 Å². The number of hydrogen-bond acceptors (Lipinski definition) is 6. The van der Waals surface area contributed by atoms with Crippen LogP contribution in [0.2, 0.25) is 10.0 Å². The van der Waals surface area contributed by atoms with E-state index in [1.807, 2.05) is 6.07 Å². The van der Waals surface area contributed by atoms with Crippen molar-refractivity contribution in [1.82, 2.24) is 15.6 Å². The maximum absolute atomic E-state index is 13.1. The van der Waals surface area contributed by atoms with E-state index in [2.05, 4.69) is 20.5 Å². The number of anilines is 1. The monoisotopic (exact) mass is 534 g/mol. The van der Waals surface area contributed by atoms with E-state index in [1.165, 1.54) is 0 Å². The lowest BCUT2D eigenvalue weighted by Crippen LogP contribution is -2.55. The van der Waals surface area contributed by atoms with Crippen LogP contribution >= 0.6 is 23.2 Å². The second-order valence-electron chi connectivity index (χ2n) is 10.1. The molecule has 194 valence electrons. The van der Waals surface area contributed by atoms with Gasteiger partial charge in [-0.25, -0.2) is 4.98 Å². The van der Waals surface area contributed by atoms with Gasteiger partial charge in [0, 0.05) is 35.4 Å². The molecule has 2 saturated heterocycles. The van der Waals surface area contributed by atoms with Crippen molar-refractivity contribution in [3.8, 4) is 5.75 Å². The van der Waals surface area contributed by atoms with E-state index in [9.17, 15) is 9.59 Å². The molecule has 3 heterocycles. The van der Waals surface area contributed by atoms with Crippen LogP contribution in [0.3, 0.4) is 0 Å². The van der Waals surface area contributed by atoms with Crippen molar-refractivity contribution in [2.45, 2.75) is 76.2 Å². The van der Waals surface area contributed by atoms with Crippen LogP contribution in [0.4, 0.5) is 5.82 Å². The number of amides is 2. The lowest BCUT2D eigenvalue weighted by atomic mass is 9.96. The molecule has 0 unspecified atom stereocenters. The summed E-state index contributed by atoms with van der Waals surface area (Å²) in [6.45, 7) is 5.06. The van der Waals surface area contributed by atoms with Crippen molar-refractivity contribution in [3.05, 3.63) is 52.1 Å². The number of fused-ring (bicyclic) bond motifs is 2. The van der Waals surface area contributed by atoms with E-state index in [4.69, 9.17) is 33.0 Å². The fourth-order valence-electron chi connectivity index (χ4n) is 4.93. The molecule has 2 fully saturated rings. The van der Waals surface area contributed by atoms with Crippen LogP contribution in [0.25, 0.3) is 0 Å². The molecule has 36 heavy (non-hydrogen) atoms. The summed E-state index contributed by atoms with van der Waals surface area (Å²) in [5, 5.41) is 15.9. The number of piperidine rings is 1. The molecule has 2 aliphatic rings. The highest BCUT2D eigenvalue weighted by molar-refractivity contribution is 6.35. The average molecular weight is 535 g/mol. The Labute approximate surface area is 221 Å². The molecule has 4 atom stereocenters. The summed E-state index contributed by atoms with van der Waals surface area (Å²) in [5.41, 5.74) is -0.657. The normalized spacial score (nSPS) is 22.2. The molecule has 1 aromatic heterocycles. The Kier molecular flexibility index (Phi) is 7.97. The summed E-state index contributed by atoms with van der Waals surface area (Å²) in [6.07, 6.45) is 5.23. The zero-order valence-electron chi connectivity index (χ0n) is 20.6. The van der Waals surface area contributed by atoms with E-state index in [1.54, 1.807) is 51.2 Å². The van der Waals surface area contributed by atoms with Crippen molar-refractivity contribution in [1.29, 1.82) is 0 Å². The van der Waals surface area contributed by atoms with E-state index in [0.717, 1.165) is 31.5 Å². The molecule has 0 saturated carbocycles. The van der Waals surface area contributed by atoms with Gasteiger partial charge in [0.05, 0.1) is 17.2 Å². The van der Waals surface area contributed by atoms with Crippen molar-refractivity contribution in [2.75, 3.05) is 11.5 Å². The van der Waals surface area contributed by atoms with Crippen molar-refractivity contribution >= 4 is 40.8 Å². The standard InChI is InChI=1S/C26H32Cl2N4O4/c1-15(14-33)30-24(34)16-4-9-23(29-13-16)32-19-6-7-20(32)12-18(11-19)31-25(35)26(2,3)36-22-8-5-17(27)10-21(22)28/h4-5,8-10,13,15,18-20,33H,6-7,11-12,14H2,1-3H3,(H,30,34)(H,31,35)/t15-,18-,19+,20-/m0/s1. The Bertz CT molecular complexity index is 1100. The highest BCUT2D eigenvalue weighted by atomic mass is 35.5. The Morgan fingerprint density at radius 3 is 2.47 bits per heavy atom. The zero-order chi connectivity index (χ0) is 26.0. The SMILES string of the molecule is C[C@@H](CO)NC(=O)c1ccc(N2[C@@H]3CC[C@H]2C[C@@H](NC(=O)C(C)(C)Oc2ccc(Cl)cc2Cl)C3)nc1. The summed E-state index contributed by atoms with van der Waals surface area (Å²) >= 11 is 12.2. The molecule has 0 spiro atoms. The number of ether oxygens (including phenoxy) is 1. The molecule has 3 N–H and O–H groups in total. The number of aromatic nitrogens is 1. The highest BCUT2D eigenvalue weighted by Crippen LogP contribution is 2.39. The number of halogens is 2. The van der Waals surface area contributed by atoms with Gasteiger partial charge in [-0.3, -0.25) is 9.59 Å². The molecule has 4 rings (SSSR count). The summed E-state index contributed by atoms with van der Waals surface area (Å²) in [7, 11) is 0. The Morgan fingerprint density at radius 1 is 1.19 bits per heavy atom. The van der Waals surface area contributed by atoms with Crippen LogP contribution in [0.5, 0.6) is 5.75 Å². The van der Waals surface area contributed by atoms with Crippen LogP contribution in [0.1, 0.15) is 56.8 Å². The fourth-order valence-corrected chi connectivity index (χ4v) is 5.38. The first-order valence-corrected chi connectivity index (χ1v) is 12.9. The van der Waals surface area contributed by atoms with Gasteiger partial charge in [-0.05, 0) is 76.8 Å². The summed E-state index contributed by atoms with van der Waals surface area (Å²) in [6, 6.07) is 8.77. The molecule has 2 aromatic rings. The zero-order valence-corrected chi connectivity index (χ0v) is 22.1. The average Bonchev–Trinajstić information content (AvgIpc) is 3.10.